The van der Waals surface area contributed by atoms with E-state index in [1.54, 1.807) is 6.33 Å². The summed E-state index contributed by atoms with van der Waals surface area (Å²) in [6.45, 7) is 0.712. The Morgan fingerprint density at radius 3 is 3.09 bits per heavy atom. The van der Waals surface area contributed by atoms with Crippen LogP contribution in [0.3, 0.4) is 0 Å². The molecular formula is C7H10N4. The zero-order valence-electron chi connectivity index (χ0n) is 6.65. The minimum Gasteiger partial charge on any atom is -0.359 e. The molecule has 4 nitrogen and oxygen atoms in total. The molecule has 0 aliphatic carbocycles. The van der Waals surface area contributed by atoms with Crippen LogP contribution in [-0.2, 0) is 7.05 Å². The van der Waals surface area contributed by atoms with Crippen molar-refractivity contribution in [3.05, 3.63) is 17.2 Å². The summed E-state index contributed by atoms with van der Waals surface area (Å²) in [5.41, 5.74) is 0.852. The van der Waals surface area contributed by atoms with Crippen LogP contribution in [0, 0.1) is 0 Å². The maximum absolute atomic E-state index is 4.26. The van der Waals surface area contributed by atoms with Gasteiger partial charge in [-0.1, -0.05) is 0 Å². The second kappa shape index (κ2) is 2.08. The number of nitrogens with zero attached hydrogens (tertiary/aromatic N) is 4. The second-order valence-electron chi connectivity index (χ2n) is 2.75. The molecule has 0 radical (unpaired) electrons. The van der Waals surface area contributed by atoms with E-state index in [0.29, 0.717) is 6.67 Å². The normalized spacial score (nSPS) is 15.3. The predicted molar refractivity (Wildman–Crippen MR) is 41.1 cm³/mol. The largest absolute Gasteiger partial charge is 0.359 e. The zero-order chi connectivity index (χ0) is 7.84. The minimum atomic E-state index is 0.712. The van der Waals surface area contributed by atoms with Crippen molar-refractivity contribution >= 4 is 6.20 Å². The summed E-state index contributed by atoms with van der Waals surface area (Å²) >= 11 is 0. The lowest BCUT2D eigenvalue weighted by Gasteiger charge is -2.11. The molecule has 0 bridgehead atoms. The molecule has 4 heteroatoms. The summed E-state index contributed by atoms with van der Waals surface area (Å²) in [4.78, 5) is 10.4. The Bertz CT molecular complexity index is 376. The second-order valence-corrected chi connectivity index (χ2v) is 2.75. The first-order valence-electron chi connectivity index (χ1n) is 3.51. The highest BCUT2D eigenvalue weighted by atomic mass is 15.2. The molecule has 1 aliphatic heterocycles. The van der Waals surface area contributed by atoms with Gasteiger partial charge in [-0.15, -0.1) is 0 Å². The molecule has 0 N–H and O–H groups in total. The summed E-state index contributed by atoms with van der Waals surface area (Å²) in [5, 5.41) is 1.08. The Morgan fingerprint density at radius 1 is 1.45 bits per heavy atom. The molecule has 2 heterocycles. The quantitative estimate of drug-likeness (QED) is 0.459. The fraction of sp³-hybridized carbons (Fsp3) is 0.429. The third-order valence-electron chi connectivity index (χ3n) is 1.75. The molecule has 0 fully saturated rings. The summed E-state index contributed by atoms with van der Waals surface area (Å²) in [6, 6.07) is 0. The van der Waals surface area contributed by atoms with Crippen LogP contribution in [0.1, 0.15) is 0 Å². The van der Waals surface area contributed by atoms with Crippen molar-refractivity contribution in [2.45, 2.75) is 0 Å². The monoisotopic (exact) mass is 150 g/mol. The summed E-state index contributed by atoms with van der Waals surface area (Å²) < 4.78 is 1.97. The molecule has 0 saturated heterocycles. The van der Waals surface area contributed by atoms with Crippen molar-refractivity contribution in [2.24, 2.45) is 12.0 Å². The molecule has 0 aromatic carbocycles. The van der Waals surface area contributed by atoms with Gasteiger partial charge in [-0.3, -0.25) is 0 Å². The SMILES string of the molecule is CN1C=c2c(ncn2C)=NC1. The van der Waals surface area contributed by atoms with E-state index in [1.165, 1.54) is 0 Å². The van der Waals surface area contributed by atoms with E-state index in [1.807, 2.05) is 23.6 Å². The maximum atomic E-state index is 4.26. The van der Waals surface area contributed by atoms with E-state index in [2.05, 4.69) is 16.2 Å². The Hall–Kier alpha value is -1.32. The molecule has 1 aromatic rings. The minimum absolute atomic E-state index is 0.712. The van der Waals surface area contributed by atoms with E-state index in [9.17, 15) is 0 Å². The van der Waals surface area contributed by atoms with Crippen LogP contribution in [0.4, 0.5) is 0 Å². The lowest BCUT2D eigenvalue weighted by molar-refractivity contribution is 0.492. The van der Waals surface area contributed by atoms with Gasteiger partial charge in [0.05, 0.1) is 6.33 Å². The van der Waals surface area contributed by atoms with Crippen molar-refractivity contribution in [1.29, 1.82) is 0 Å². The molecule has 1 aliphatic rings. The number of imidazole rings is 1. The van der Waals surface area contributed by atoms with E-state index in [0.717, 1.165) is 10.8 Å². The Morgan fingerprint density at radius 2 is 2.27 bits per heavy atom. The zero-order valence-corrected chi connectivity index (χ0v) is 6.65. The van der Waals surface area contributed by atoms with E-state index < -0.39 is 0 Å². The van der Waals surface area contributed by atoms with E-state index >= 15 is 0 Å². The van der Waals surface area contributed by atoms with Gasteiger partial charge in [-0.25, -0.2) is 9.98 Å². The number of hydrogen-bond donors (Lipinski definition) is 0. The average molecular weight is 150 g/mol. The number of fused-ring (bicyclic) bond motifs is 1. The summed E-state index contributed by atoms with van der Waals surface area (Å²) in [6.07, 6.45) is 3.83. The fourth-order valence-electron chi connectivity index (χ4n) is 1.13. The van der Waals surface area contributed by atoms with Gasteiger partial charge in [-0.2, -0.15) is 0 Å². The third-order valence-corrected chi connectivity index (χ3v) is 1.75. The van der Waals surface area contributed by atoms with Crippen molar-refractivity contribution in [3.8, 4) is 0 Å². The van der Waals surface area contributed by atoms with Gasteiger partial charge in [0, 0.05) is 20.3 Å². The van der Waals surface area contributed by atoms with Gasteiger partial charge in [-0.05, 0) is 0 Å². The fourth-order valence-corrected chi connectivity index (χ4v) is 1.13. The Kier molecular flexibility index (Phi) is 1.21. The lowest BCUT2D eigenvalue weighted by atomic mass is 10.5. The van der Waals surface area contributed by atoms with Crippen molar-refractivity contribution in [1.82, 2.24) is 14.5 Å². The highest BCUT2D eigenvalue weighted by Gasteiger charge is 2.01. The molecule has 58 valence electrons. The van der Waals surface area contributed by atoms with Gasteiger partial charge in [0.25, 0.3) is 0 Å². The molecule has 11 heavy (non-hydrogen) atoms. The molecule has 0 spiro atoms. The van der Waals surface area contributed by atoms with Crippen molar-refractivity contribution in [3.63, 3.8) is 0 Å². The number of hydrogen-bond acceptors (Lipinski definition) is 3. The van der Waals surface area contributed by atoms with Crippen LogP contribution >= 0.6 is 0 Å². The molecule has 0 unspecified atom stereocenters. The summed E-state index contributed by atoms with van der Waals surface area (Å²) in [5.74, 6) is 0. The van der Waals surface area contributed by atoms with Crippen LogP contribution in [0.25, 0.3) is 6.20 Å². The number of rotatable bonds is 0. The molecule has 2 rings (SSSR count). The van der Waals surface area contributed by atoms with Gasteiger partial charge >= 0.3 is 0 Å². The Balaban J connectivity index is 2.77. The van der Waals surface area contributed by atoms with Gasteiger partial charge < -0.3 is 9.47 Å². The molecule has 0 amide bonds. The Labute approximate surface area is 64.5 Å². The van der Waals surface area contributed by atoms with Gasteiger partial charge in [0.1, 0.15) is 12.0 Å². The third kappa shape index (κ3) is 0.906. The topological polar surface area (TPSA) is 33.4 Å². The number of aryl methyl sites for hydroxylation is 1. The first kappa shape index (κ1) is 6.39. The van der Waals surface area contributed by atoms with Crippen LogP contribution in [-0.4, -0.2) is 28.2 Å². The molecule has 0 saturated carbocycles. The van der Waals surface area contributed by atoms with E-state index in [4.69, 9.17) is 0 Å². The first-order chi connectivity index (χ1) is 5.27. The summed E-state index contributed by atoms with van der Waals surface area (Å²) in [7, 11) is 3.97. The average Bonchev–Trinajstić information content (AvgIpc) is 2.33. The van der Waals surface area contributed by atoms with Crippen molar-refractivity contribution in [2.75, 3.05) is 13.7 Å². The van der Waals surface area contributed by atoms with Gasteiger partial charge in [0.15, 0.2) is 5.49 Å². The highest BCUT2D eigenvalue weighted by molar-refractivity contribution is 5.16. The van der Waals surface area contributed by atoms with Crippen LogP contribution in [0.2, 0.25) is 0 Å². The predicted octanol–water partition coefficient (Wildman–Crippen LogP) is -1.32. The number of aromatic nitrogens is 2. The highest BCUT2D eigenvalue weighted by Crippen LogP contribution is 1.84. The van der Waals surface area contributed by atoms with Gasteiger partial charge in [0.2, 0.25) is 0 Å². The first-order valence-corrected chi connectivity index (χ1v) is 3.51. The molecule has 1 aromatic heterocycles. The van der Waals surface area contributed by atoms with E-state index in [-0.39, 0.29) is 0 Å². The smallest absolute Gasteiger partial charge is 0.176 e. The van der Waals surface area contributed by atoms with Crippen LogP contribution < -0.4 is 10.8 Å². The van der Waals surface area contributed by atoms with Crippen molar-refractivity contribution < 1.29 is 0 Å². The molecule has 0 atom stereocenters. The standard InChI is InChI=1S/C7H10N4/c1-10-3-6-7(8-4-10)9-5-11(6)2/h3,5H,4H2,1-2H3. The van der Waals surface area contributed by atoms with Crippen LogP contribution in [0.15, 0.2) is 11.3 Å². The maximum Gasteiger partial charge on any atom is 0.176 e. The molecular weight excluding hydrogens is 140 g/mol. The van der Waals surface area contributed by atoms with Crippen LogP contribution in [0.5, 0.6) is 0 Å². The lowest BCUT2D eigenvalue weighted by Crippen LogP contribution is -2.37.